The van der Waals surface area contributed by atoms with E-state index in [1.165, 1.54) is 24.9 Å². The summed E-state index contributed by atoms with van der Waals surface area (Å²) in [5.41, 5.74) is 1.52. The fraction of sp³-hybridized carbons (Fsp3) is 0.667. The van der Waals surface area contributed by atoms with Crippen LogP contribution in [0.2, 0.25) is 0 Å². The summed E-state index contributed by atoms with van der Waals surface area (Å²) >= 11 is 0. The van der Waals surface area contributed by atoms with Gasteiger partial charge in [-0.15, -0.1) is 0 Å². The van der Waals surface area contributed by atoms with Crippen LogP contribution >= 0.6 is 0 Å². The van der Waals surface area contributed by atoms with Crippen molar-refractivity contribution in [2.45, 2.75) is 39.0 Å². The molecule has 3 heteroatoms. The van der Waals surface area contributed by atoms with Crippen molar-refractivity contribution in [3.05, 3.63) is 23.9 Å². The van der Waals surface area contributed by atoms with Gasteiger partial charge in [-0.05, 0) is 55.0 Å². The standard InChI is InChI=1S/C15H25N3/c1-15(2,3)13-6-8-17-14(9-13)18-11-12-5-4-7-16-10-12/h6,8-9,12,16H,4-5,7,10-11H2,1-3H3,(H,17,18). The van der Waals surface area contributed by atoms with Crippen molar-refractivity contribution >= 4 is 5.82 Å². The third-order valence-corrected chi connectivity index (χ3v) is 3.60. The van der Waals surface area contributed by atoms with Crippen LogP contribution in [0, 0.1) is 5.92 Å². The number of rotatable bonds is 3. The molecule has 2 heterocycles. The smallest absolute Gasteiger partial charge is 0.126 e. The summed E-state index contributed by atoms with van der Waals surface area (Å²) in [5, 5.41) is 6.92. The fourth-order valence-electron chi connectivity index (χ4n) is 2.34. The molecule has 0 aromatic carbocycles. The molecule has 2 N–H and O–H groups in total. The number of pyridine rings is 1. The molecule has 1 fully saturated rings. The molecular weight excluding hydrogens is 222 g/mol. The third-order valence-electron chi connectivity index (χ3n) is 3.60. The molecule has 1 saturated heterocycles. The zero-order chi connectivity index (χ0) is 13.0. The molecule has 0 radical (unpaired) electrons. The van der Waals surface area contributed by atoms with Crippen LogP contribution in [0.5, 0.6) is 0 Å². The van der Waals surface area contributed by atoms with E-state index >= 15 is 0 Å². The molecule has 2 rings (SSSR count). The summed E-state index contributed by atoms with van der Waals surface area (Å²) in [7, 11) is 0. The van der Waals surface area contributed by atoms with Crippen LogP contribution < -0.4 is 10.6 Å². The van der Waals surface area contributed by atoms with Crippen molar-refractivity contribution < 1.29 is 0 Å². The molecule has 0 aliphatic carbocycles. The number of nitrogens with one attached hydrogen (secondary N) is 2. The Morgan fingerprint density at radius 3 is 2.94 bits per heavy atom. The molecule has 18 heavy (non-hydrogen) atoms. The molecule has 0 amide bonds. The van der Waals surface area contributed by atoms with Crippen LogP contribution in [0.1, 0.15) is 39.2 Å². The number of hydrogen-bond acceptors (Lipinski definition) is 3. The highest BCUT2D eigenvalue weighted by atomic mass is 15.0. The topological polar surface area (TPSA) is 37.0 Å². The number of nitrogens with zero attached hydrogens (tertiary/aromatic N) is 1. The maximum atomic E-state index is 4.41. The molecule has 100 valence electrons. The Kier molecular flexibility index (Phi) is 4.23. The maximum Gasteiger partial charge on any atom is 0.126 e. The molecular formula is C15H25N3. The second kappa shape index (κ2) is 5.70. The van der Waals surface area contributed by atoms with Gasteiger partial charge in [0.25, 0.3) is 0 Å². The van der Waals surface area contributed by atoms with E-state index in [0.29, 0.717) is 0 Å². The van der Waals surface area contributed by atoms with Crippen LogP contribution in [0.4, 0.5) is 5.82 Å². The Hall–Kier alpha value is -1.09. The summed E-state index contributed by atoms with van der Waals surface area (Å²) in [4.78, 5) is 4.41. The van der Waals surface area contributed by atoms with Gasteiger partial charge in [-0.3, -0.25) is 0 Å². The number of aromatic nitrogens is 1. The zero-order valence-corrected chi connectivity index (χ0v) is 11.8. The van der Waals surface area contributed by atoms with Crippen LogP contribution in [0.15, 0.2) is 18.3 Å². The molecule has 1 aliphatic heterocycles. The predicted molar refractivity (Wildman–Crippen MR) is 77.0 cm³/mol. The summed E-state index contributed by atoms with van der Waals surface area (Å²) in [6.07, 6.45) is 4.52. The third kappa shape index (κ3) is 3.70. The highest BCUT2D eigenvalue weighted by molar-refractivity contribution is 5.39. The number of anilines is 1. The average Bonchev–Trinajstić information content (AvgIpc) is 2.37. The predicted octanol–water partition coefficient (Wildman–Crippen LogP) is 2.79. The molecule has 1 atom stereocenters. The van der Waals surface area contributed by atoms with Gasteiger partial charge >= 0.3 is 0 Å². The van der Waals surface area contributed by atoms with Crippen molar-refractivity contribution in [2.75, 3.05) is 25.0 Å². The minimum Gasteiger partial charge on any atom is -0.370 e. The Balaban J connectivity index is 1.92. The van der Waals surface area contributed by atoms with Gasteiger partial charge in [0.2, 0.25) is 0 Å². The van der Waals surface area contributed by atoms with Gasteiger partial charge in [-0.1, -0.05) is 20.8 Å². The lowest BCUT2D eigenvalue weighted by Crippen LogP contribution is -2.33. The molecule has 1 aromatic heterocycles. The van der Waals surface area contributed by atoms with E-state index in [9.17, 15) is 0 Å². The molecule has 0 spiro atoms. The van der Waals surface area contributed by atoms with Gasteiger partial charge in [0.1, 0.15) is 5.82 Å². The van der Waals surface area contributed by atoms with Gasteiger partial charge < -0.3 is 10.6 Å². The molecule has 0 saturated carbocycles. The second-order valence-corrected chi connectivity index (χ2v) is 6.27. The van der Waals surface area contributed by atoms with Crippen LogP contribution in [0.3, 0.4) is 0 Å². The van der Waals surface area contributed by atoms with Crippen LogP contribution in [-0.4, -0.2) is 24.6 Å². The van der Waals surface area contributed by atoms with E-state index in [1.54, 1.807) is 0 Å². The Morgan fingerprint density at radius 1 is 1.44 bits per heavy atom. The van der Waals surface area contributed by atoms with Crippen molar-refractivity contribution in [3.63, 3.8) is 0 Å². The Morgan fingerprint density at radius 2 is 2.28 bits per heavy atom. The monoisotopic (exact) mass is 247 g/mol. The Bertz CT molecular complexity index is 376. The number of hydrogen-bond donors (Lipinski definition) is 2. The van der Waals surface area contributed by atoms with Crippen LogP contribution in [0.25, 0.3) is 0 Å². The first-order valence-electron chi connectivity index (χ1n) is 6.97. The first-order valence-corrected chi connectivity index (χ1v) is 6.97. The van der Waals surface area contributed by atoms with E-state index in [1.807, 2.05) is 6.20 Å². The summed E-state index contributed by atoms with van der Waals surface area (Å²) < 4.78 is 0. The van der Waals surface area contributed by atoms with Crippen LogP contribution in [-0.2, 0) is 5.41 Å². The van der Waals surface area contributed by atoms with Gasteiger partial charge in [-0.25, -0.2) is 4.98 Å². The largest absolute Gasteiger partial charge is 0.370 e. The molecule has 1 aromatic rings. The quantitative estimate of drug-likeness (QED) is 0.862. The minimum atomic E-state index is 0.186. The van der Waals surface area contributed by atoms with Gasteiger partial charge in [0, 0.05) is 12.7 Å². The lowest BCUT2D eigenvalue weighted by atomic mass is 9.88. The van der Waals surface area contributed by atoms with Crippen molar-refractivity contribution in [1.82, 2.24) is 10.3 Å². The van der Waals surface area contributed by atoms with Gasteiger partial charge in [0.15, 0.2) is 0 Å². The fourth-order valence-corrected chi connectivity index (χ4v) is 2.34. The van der Waals surface area contributed by atoms with E-state index in [-0.39, 0.29) is 5.41 Å². The van der Waals surface area contributed by atoms with Crippen molar-refractivity contribution in [3.8, 4) is 0 Å². The van der Waals surface area contributed by atoms with E-state index in [4.69, 9.17) is 0 Å². The van der Waals surface area contributed by atoms with E-state index in [2.05, 4.69) is 48.5 Å². The molecule has 1 unspecified atom stereocenters. The normalized spacial score (nSPS) is 20.7. The SMILES string of the molecule is CC(C)(C)c1ccnc(NCC2CCCNC2)c1. The lowest BCUT2D eigenvalue weighted by Gasteiger charge is -2.24. The molecule has 3 nitrogen and oxygen atoms in total. The average molecular weight is 247 g/mol. The minimum absolute atomic E-state index is 0.186. The summed E-state index contributed by atoms with van der Waals surface area (Å²) in [6, 6.07) is 4.28. The van der Waals surface area contributed by atoms with Gasteiger partial charge in [0.05, 0.1) is 0 Å². The van der Waals surface area contributed by atoms with E-state index in [0.717, 1.165) is 24.8 Å². The number of piperidine rings is 1. The highest BCUT2D eigenvalue weighted by Crippen LogP contribution is 2.23. The summed E-state index contributed by atoms with van der Waals surface area (Å²) in [6.45, 7) is 10.0. The second-order valence-electron chi connectivity index (χ2n) is 6.27. The molecule has 1 aliphatic rings. The van der Waals surface area contributed by atoms with Crippen molar-refractivity contribution in [1.29, 1.82) is 0 Å². The first kappa shape index (κ1) is 13.3. The zero-order valence-electron chi connectivity index (χ0n) is 11.8. The Labute approximate surface area is 110 Å². The lowest BCUT2D eigenvalue weighted by molar-refractivity contribution is 0.392. The highest BCUT2D eigenvalue weighted by Gasteiger charge is 2.15. The van der Waals surface area contributed by atoms with Crippen molar-refractivity contribution in [2.24, 2.45) is 5.92 Å². The summed E-state index contributed by atoms with van der Waals surface area (Å²) in [5.74, 6) is 1.74. The van der Waals surface area contributed by atoms with Gasteiger partial charge in [-0.2, -0.15) is 0 Å². The molecule has 0 bridgehead atoms. The maximum absolute atomic E-state index is 4.41. The van der Waals surface area contributed by atoms with E-state index < -0.39 is 0 Å². The first-order chi connectivity index (χ1) is 8.55.